The van der Waals surface area contributed by atoms with Crippen LogP contribution in [0, 0.1) is 0 Å². The van der Waals surface area contributed by atoms with Crippen LogP contribution in [0.3, 0.4) is 0 Å². The molecule has 0 amide bonds. The van der Waals surface area contributed by atoms with Gasteiger partial charge in [-0.05, 0) is 12.3 Å². The fourth-order valence-corrected chi connectivity index (χ4v) is 0.524. The normalized spacial score (nSPS) is 8.55. The Hall–Kier alpha value is -0.240. The van der Waals surface area contributed by atoms with Crippen molar-refractivity contribution in [1.82, 2.24) is 0 Å². The van der Waals surface area contributed by atoms with Gasteiger partial charge in [0.15, 0.2) is 0 Å². The Balaban J connectivity index is -0.000000138. The third kappa shape index (κ3) is 41.6. The number of aliphatic imine (C=N–C) groups is 1. The SMILES string of the molecule is C/C=C\SC=NC.CC.CC. The van der Waals surface area contributed by atoms with E-state index in [9.17, 15) is 0 Å². The maximum atomic E-state index is 3.76. The minimum Gasteiger partial charge on any atom is -0.289 e. The summed E-state index contributed by atoms with van der Waals surface area (Å²) in [5.74, 6) is 0. The zero-order valence-corrected chi connectivity index (χ0v) is 9.40. The van der Waals surface area contributed by atoms with E-state index in [0.717, 1.165) is 0 Å². The number of hydrogen-bond donors (Lipinski definition) is 0. The lowest BCUT2D eigenvalue weighted by Crippen LogP contribution is -1.53. The molecule has 0 aliphatic rings. The lowest BCUT2D eigenvalue weighted by atomic mass is 10.8. The predicted molar refractivity (Wildman–Crippen MR) is 59.5 cm³/mol. The highest BCUT2D eigenvalue weighted by Crippen LogP contribution is 1.93. The molecule has 0 heterocycles. The van der Waals surface area contributed by atoms with E-state index in [0.29, 0.717) is 0 Å². The summed E-state index contributed by atoms with van der Waals surface area (Å²) in [5.41, 5.74) is 1.79. The Morgan fingerprint density at radius 3 is 1.82 bits per heavy atom. The molecular weight excluding hydrogens is 154 g/mol. The van der Waals surface area contributed by atoms with Crippen LogP contribution in [0.4, 0.5) is 0 Å². The van der Waals surface area contributed by atoms with Crippen LogP contribution in [0.2, 0.25) is 0 Å². The van der Waals surface area contributed by atoms with E-state index < -0.39 is 0 Å². The summed E-state index contributed by atoms with van der Waals surface area (Å²) in [7, 11) is 1.76. The standard InChI is InChI=1S/C5H9NS.2C2H6/c1-3-4-7-5-6-2;2*1-2/h3-5H,1-2H3;2*1-2H3/b4-3-,6-5?;;. The van der Waals surface area contributed by atoms with E-state index in [4.69, 9.17) is 0 Å². The van der Waals surface area contributed by atoms with Crippen LogP contribution < -0.4 is 0 Å². The number of thioether (sulfide) groups is 1. The lowest BCUT2D eigenvalue weighted by molar-refractivity contribution is 1.49. The summed E-state index contributed by atoms with van der Waals surface area (Å²) in [4.78, 5) is 3.76. The molecule has 0 bridgehead atoms. The van der Waals surface area contributed by atoms with Crippen molar-refractivity contribution in [2.75, 3.05) is 7.05 Å². The van der Waals surface area contributed by atoms with E-state index in [1.165, 1.54) is 0 Å². The maximum absolute atomic E-state index is 3.76. The largest absolute Gasteiger partial charge is 0.289 e. The zero-order valence-electron chi connectivity index (χ0n) is 8.59. The summed E-state index contributed by atoms with van der Waals surface area (Å²) in [5, 5.41) is 1.98. The second kappa shape index (κ2) is 33.1. The second-order valence-corrected chi connectivity index (χ2v) is 1.72. The molecule has 0 aromatic carbocycles. The van der Waals surface area contributed by atoms with Crippen LogP contribution in [0.5, 0.6) is 0 Å². The van der Waals surface area contributed by atoms with Crippen LogP contribution >= 0.6 is 11.8 Å². The molecule has 0 atom stereocenters. The molecule has 0 aliphatic carbocycles. The Bertz CT molecular complexity index is 67.6. The molecule has 0 aromatic rings. The third-order valence-electron chi connectivity index (χ3n) is 0.381. The second-order valence-electron chi connectivity index (χ2n) is 0.969. The Morgan fingerprint density at radius 2 is 1.55 bits per heavy atom. The first-order valence-corrected chi connectivity index (χ1v) is 5.03. The minimum absolute atomic E-state index is 1.58. The van der Waals surface area contributed by atoms with Gasteiger partial charge < -0.3 is 0 Å². The van der Waals surface area contributed by atoms with E-state index in [1.54, 1.807) is 24.4 Å². The van der Waals surface area contributed by atoms with Gasteiger partial charge in [-0.3, -0.25) is 4.99 Å². The molecule has 0 N–H and O–H groups in total. The maximum Gasteiger partial charge on any atom is 0.0579 e. The smallest absolute Gasteiger partial charge is 0.0579 e. The molecule has 0 saturated carbocycles. The van der Waals surface area contributed by atoms with E-state index in [-0.39, 0.29) is 0 Å². The molecule has 0 aromatic heterocycles. The monoisotopic (exact) mass is 175 g/mol. The number of hydrogen-bond acceptors (Lipinski definition) is 2. The van der Waals surface area contributed by atoms with Gasteiger partial charge in [0.25, 0.3) is 0 Å². The molecule has 1 nitrogen and oxygen atoms in total. The first-order chi connectivity index (χ1) is 5.41. The quantitative estimate of drug-likeness (QED) is 0.457. The first-order valence-electron chi connectivity index (χ1n) is 4.09. The molecule has 0 rings (SSSR count). The van der Waals surface area contributed by atoms with Crippen LogP contribution in [-0.4, -0.2) is 12.6 Å². The highest BCUT2D eigenvalue weighted by Gasteiger charge is 1.62. The summed E-state index contributed by atoms with van der Waals surface area (Å²) in [6.45, 7) is 9.98. The Morgan fingerprint density at radius 1 is 1.09 bits per heavy atom. The molecule has 0 unspecified atom stereocenters. The number of rotatable bonds is 2. The molecule has 2 heteroatoms. The van der Waals surface area contributed by atoms with Crippen LogP contribution in [0.1, 0.15) is 34.6 Å². The van der Waals surface area contributed by atoms with Crippen molar-refractivity contribution in [1.29, 1.82) is 0 Å². The highest BCUT2D eigenvalue weighted by molar-refractivity contribution is 8.14. The summed E-state index contributed by atoms with van der Waals surface area (Å²) in [6.07, 6.45) is 1.98. The van der Waals surface area contributed by atoms with Gasteiger partial charge in [0, 0.05) is 7.05 Å². The van der Waals surface area contributed by atoms with Gasteiger partial charge in [0.1, 0.15) is 0 Å². The number of allylic oxidation sites excluding steroid dienone is 1. The highest BCUT2D eigenvalue weighted by atomic mass is 32.2. The average molecular weight is 175 g/mol. The molecule has 0 aliphatic heterocycles. The van der Waals surface area contributed by atoms with Crippen LogP contribution in [-0.2, 0) is 0 Å². The van der Waals surface area contributed by atoms with Gasteiger partial charge >= 0.3 is 0 Å². The van der Waals surface area contributed by atoms with E-state index in [2.05, 4.69) is 4.99 Å². The van der Waals surface area contributed by atoms with Crippen molar-refractivity contribution in [2.45, 2.75) is 34.6 Å². The predicted octanol–water partition coefficient (Wildman–Crippen LogP) is 3.96. The van der Waals surface area contributed by atoms with Crippen molar-refractivity contribution in [2.24, 2.45) is 4.99 Å². The zero-order chi connectivity index (χ0) is 9.54. The summed E-state index contributed by atoms with van der Waals surface area (Å²) >= 11 is 1.58. The molecule has 11 heavy (non-hydrogen) atoms. The average Bonchev–Trinajstić information content (AvgIpc) is 2.13. The minimum atomic E-state index is 1.58. The molecular formula is C9H21NS. The molecule has 0 saturated heterocycles. The fraction of sp³-hybridized carbons (Fsp3) is 0.667. The Labute approximate surface area is 76.0 Å². The van der Waals surface area contributed by atoms with E-state index >= 15 is 0 Å². The molecule has 0 spiro atoms. The van der Waals surface area contributed by atoms with Crippen molar-refractivity contribution >= 4 is 17.3 Å². The Kier molecular flexibility index (Phi) is 51.1. The fourth-order valence-electron chi connectivity index (χ4n) is 0.175. The molecule has 68 valence electrons. The van der Waals surface area contributed by atoms with Crippen molar-refractivity contribution in [3.8, 4) is 0 Å². The van der Waals surface area contributed by atoms with Crippen molar-refractivity contribution in [3.05, 3.63) is 11.5 Å². The third-order valence-corrected chi connectivity index (χ3v) is 1.14. The van der Waals surface area contributed by atoms with Gasteiger partial charge in [-0.2, -0.15) is 0 Å². The summed E-state index contributed by atoms with van der Waals surface area (Å²) < 4.78 is 0. The van der Waals surface area contributed by atoms with Crippen molar-refractivity contribution in [3.63, 3.8) is 0 Å². The van der Waals surface area contributed by atoms with Gasteiger partial charge in [0.05, 0.1) is 5.55 Å². The van der Waals surface area contributed by atoms with Gasteiger partial charge in [-0.25, -0.2) is 0 Å². The number of nitrogens with zero attached hydrogens (tertiary/aromatic N) is 1. The van der Waals surface area contributed by atoms with E-state index in [1.807, 2.05) is 46.1 Å². The van der Waals surface area contributed by atoms with Crippen molar-refractivity contribution < 1.29 is 0 Å². The lowest BCUT2D eigenvalue weighted by Gasteiger charge is -1.73. The van der Waals surface area contributed by atoms with Gasteiger partial charge in [-0.15, -0.1) is 0 Å². The molecule has 0 radical (unpaired) electrons. The van der Waals surface area contributed by atoms with Gasteiger partial charge in [0.2, 0.25) is 0 Å². The van der Waals surface area contributed by atoms with Crippen LogP contribution in [0.15, 0.2) is 16.5 Å². The van der Waals surface area contributed by atoms with Crippen LogP contribution in [0.25, 0.3) is 0 Å². The van der Waals surface area contributed by atoms with Gasteiger partial charge in [-0.1, -0.05) is 45.5 Å². The molecule has 0 fully saturated rings. The first kappa shape index (κ1) is 17.0. The topological polar surface area (TPSA) is 12.4 Å². The summed E-state index contributed by atoms with van der Waals surface area (Å²) in [6, 6.07) is 0.